The Kier molecular flexibility index (Phi) is 5.78. The summed E-state index contributed by atoms with van der Waals surface area (Å²) in [6, 6.07) is 9.26. The van der Waals surface area contributed by atoms with Gasteiger partial charge in [-0.25, -0.2) is 4.98 Å². The molecule has 0 aromatic carbocycles. The Morgan fingerprint density at radius 3 is 2.88 bits per heavy atom. The standard InChI is InChI=1S/C19H22N4O3/c1-2-26-19-14(6-5-9-21-19)11-22-18(25)15-10-17(24)23(12-15)13-16-7-3-4-8-20-16/h3-9,15H,2,10-13H2,1H3,(H,22,25)/t15-/m1/s1. The molecule has 7 nitrogen and oxygen atoms in total. The molecule has 2 aromatic heterocycles. The predicted molar refractivity (Wildman–Crippen MR) is 95.0 cm³/mol. The summed E-state index contributed by atoms with van der Waals surface area (Å²) in [4.78, 5) is 34.7. The van der Waals surface area contributed by atoms with Crippen LogP contribution < -0.4 is 10.1 Å². The van der Waals surface area contributed by atoms with Crippen LogP contribution in [0, 0.1) is 5.92 Å². The van der Waals surface area contributed by atoms with Crippen molar-refractivity contribution in [1.82, 2.24) is 20.2 Å². The van der Waals surface area contributed by atoms with Crippen molar-refractivity contribution in [2.45, 2.75) is 26.4 Å². The molecular formula is C19H22N4O3. The zero-order valence-corrected chi connectivity index (χ0v) is 14.7. The molecule has 1 atom stereocenters. The summed E-state index contributed by atoms with van der Waals surface area (Å²) in [7, 11) is 0. The van der Waals surface area contributed by atoms with Crippen molar-refractivity contribution in [3.63, 3.8) is 0 Å². The molecule has 0 spiro atoms. The third-order valence-electron chi connectivity index (χ3n) is 4.25. The van der Waals surface area contributed by atoms with Crippen LogP contribution in [0.5, 0.6) is 5.88 Å². The number of amides is 2. The van der Waals surface area contributed by atoms with Crippen molar-refractivity contribution < 1.29 is 14.3 Å². The molecule has 2 amide bonds. The molecule has 0 aliphatic carbocycles. The Morgan fingerprint density at radius 1 is 1.27 bits per heavy atom. The minimum absolute atomic E-state index is 0.0211. The van der Waals surface area contributed by atoms with Gasteiger partial charge in [0.25, 0.3) is 0 Å². The zero-order chi connectivity index (χ0) is 18.4. The van der Waals surface area contributed by atoms with Crippen molar-refractivity contribution in [1.29, 1.82) is 0 Å². The normalized spacial score (nSPS) is 16.6. The summed E-state index contributed by atoms with van der Waals surface area (Å²) < 4.78 is 5.46. The Morgan fingerprint density at radius 2 is 2.12 bits per heavy atom. The lowest BCUT2D eigenvalue weighted by atomic mass is 10.1. The summed E-state index contributed by atoms with van der Waals surface area (Å²) in [5.41, 5.74) is 1.64. The molecule has 1 saturated heterocycles. The summed E-state index contributed by atoms with van der Waals surface area (Å²) in [5.74, 6) is 0.0216. The monoisotopic (exact) mass is 354 g/mol. The molecule has 1 aliphatic rings. The first-order valence-corrected chi connectivity index (χ1v) is 8.69. The van der Waals surface area contributed by atoms with Gasteiger partial charge in [0.2, 0.25) is 17.7 Å². The van der Waals surface area contributed by atoms with Crippen LogP contribution in [-0.2, 0) is 22.7 Å². The fourth-order valence-electron chi connectivity index (χ4n) is 2.94. The quantitative estimate of drug-likeness (QED) is 0.815. The first-order chi connectivity index (χ1) is 12.7. The van der Waals surface area contributed by atoms with Gasteiger partial charge in [0.15, 0.2) is 0 Å². The van der Waals surface area contributed by atoms with Crippen LogP contribution in [0.4, 0.5) is 0 Å². The number of ether oxygens (including phenoxy) is 1. The number of pyridine rings is 2. The third-order valence-corrected chi connectivity index (χ3v) is 4.25. The Hall–Kier alpha value is -2.96. The van der Waals surface area contributed by atoms with Gasteiger partial charge >= 0.3 is 0 Å². The SMILES string of the molecule is CCOc1ncccc1CNC(=O)[C@@H]1CC(=O)N(Cc2ccccn2)C1. The number of carbonyl (C=O) groups excluding carboxylic acids is 2. The van der Waals surface area contributed by atoms with E-state index in [1.807, 2.05) is 31.2 Å². The largest absolute Gasteiger partial charge is 0.478 e. The number of aromatic nitrogens is 2. The van der Waals surface area contributed by atoms with Crippen molar-refractivity contribution in [2.75, 3.05) is 13.2 Å². The minimum atomic E-state index is -0.349. The van der Waals surface area contributed by atoms with Gasteiger partial charge in [0.1, 0.15) is 0 Å². The highest BCUT2D eigenvalue weighted by atomic mass is 16.5. The minimum Gasteiger partial charge on any atom is -0.478 e. The lowest BCUT2D eigenvalue weighted by molar-refractivity contribution is -0.129. The number of hydrogen-bond acceptors (Lipinski definition) is 5. The summed E-state index contributed by atoms with van der Waals surface area (Å²) in [6.07, 6.45) is 3.58. The van der Waals surface area contributed by atoms with Crippen LogP contribution in [0.1, 0.15) is 24.6 Å². The molecule has 3 rings (SSSR count). The first kappa shape index (κ1) is 17.8. The van der Waals surface area contributed by atoms with Gasteiger partial charge < -0.3 is 15.0 Å². The lowest BCUT2D eigenvalue weighted by Crippen LogP contribution is -2.32. The van der Waals surface area contributed by atoms with Gasteiger partial charge in [-0.1, -0.05) is 12.1 Å². The number of likely N-dealkylation sites (tertiary alicyclic amines) is 1. The number of carbonyl (C=O) groups is 2. The van der Waals surface area contributed by atoms with E-state index in [9.17, 15) is 9.59 Å². The number of nitrogens with zero attached hydrogens (tertiary/aromatic N) is 3. The first-order valence-electron chi connectivity index (χ1n) is 8.69. The Labute approximate surface area is 152 Å². The second-order valence-corrected chi connectivity index (χ2v) is 6.11. The highest BCUT2D eigenvalue weighted by Gasteiger charge is 2.34. The van der Waals surface area contributed by atoms with E-state index in [0.717, 1.165) is 11.3 Å². The van der Waals surface area contributed by atoms with Gasteiger partial charge in [0, 0.05) is 37.5 Å². The van der Waals surface area contributed by atoms with E-state index in [1.54, 1.807) is 23.4 Å². The average molecular weight is 354 g/mol. The third kappa shape index (κ3) is 4.36. The molecule has 26 heavy (non-hydrogen) atoms. The molecule has 136 valence electrons. The van der Waals surface area contributed by atoms with Crippen LogP contribution in [-0.4, -0.2) is 39.8 Å². The fourth-order valence-corrected chi connectivity index (χ4v) is 2.94. The van der Waals surface area contributed by atoms with E-state index in [-0.39, 0.29) is 24.2 Å². The van der Waals surface area contributed by atoms with E-state index >= 15 is 0 Å². The van der Waals surface area contributed by atoms with Crippen LogP contribution in [0.15, 0.2) is 42.7 Å². The van der Waals surface area contributed by atoms with Crippen molar-refractivity contribution in [3.8, 4) is 5.88 Å². The fraction of sp³-hybridized carbons (Fsp3) is 0.368. The van der Waals surface area contributed by atoms with Crippen LogP contribution in [0.3, 0.4) is 0 Å². The summed E-state index contributed by atoms with van der Waals surface area (Å²) in [5, 5.41) is 2.89. The van der Waals surface area contributed by atoms with Crippen LogP contribution in [0.25, 0.3) is 0 Å². The van der Waals surface area contributed by atoms with E-state index in [0.29, 0.717) is 32.1 Å². The molecule has 2 aromatic rings. The van der Waals surface area contributed by atoms with Crippen molar-refractivity contribution in [3.05, 3.63) is 54.0 Å². The van der Waals surface area contributed by atoms with Gasteiger partial charge in [-0.15, -0.1) is 0 Å². The zero-order valence-electron chi connectivity index (χ0n) is 14.7. The second-order valence-electron chi connectivity index (χ2n) is 6.11. The predicted octanol–water partition coefficient (Wildman–Crippen LogP) is 1.54. The Balaban J connectivity index is 1.55. The van der Waals surface area contributed by atoms with Crippen molar-refractivity contribution in [2.24, 2.45) is 5.92 Å². The van der Waals surface area contributed by atoms with Crippen LogP contribution in [0.2, 0.25) is 0 Å². The maximum absolute atomic E-state index is 12.5. The lowest BCUT2D eigenvalue weighted by Gasteiger charge is -2.16. The summed E-state index contributed by atoms with van der Waals surface area (Å²) >= 11 is 0. The molecule has 7 heteroatoms. The van der Waals surface area contributed by atoms with Crippen LogP contribution >= 0.6 is 0 Å². The van der Waals surface area contributed by atoms with Gasteiger partial charge in [-0.2, -0.15) is 0 Å². The second kappa shape index (κ2) is 8.42. The van der Waals surface area contributed by atoms with Gasteiger partial charge in [-0.3, -0.25) is 14.6 Å². The number of rotatable bonds is 7. The maximum Gasteiger partial charge on any atom is 0.225 e. The smallest absolute Gasteiger partial charge is 0.225 e. The Bertz CT molecular complexity index is 766. The molecular weight excluding hydrogens is 332 g/mol. The highest BCUT2D eigenvalue weighted by molar-refractivity contribution is 5.89. The number of nitrogens with one attached hydrogen (secondary N) is 1. The highest BCUT2D eigenvalue weighted by Crippen LogP contribution is 2.20. The molecule has 0 saturated carbocycles. The van der Waals surface area contributed by atoms with E-state index in [2.05, 4.69) is 15.3 Å². The van der Waals surface area contributed by atoms with Gasteiger partial charge in [0.05, 0.1) is 24.8 Å². The van der Waals surface area contributed by atoms with E-state index in [4.69, 9.17) is 4.74 Å². The molecule has 0 bridgehead atoms. The summed E-state index contributed by atoms with van der Waals surface area (Å²) in [6.45, 7) is 3.56. The van der Waals surface area contributed by atoms with Crippen molar-refractivity contribution >= 4 is 11.8 Å². The van der Waals surface area contributed by atoms with E-state index < -0.39 is 0 Å². The molecule has 0 radical (unpaired) electrons. The van der Waals surface area contributed by atoms with E-state index in [1.165, 1.54) is 0 Å². The number of hydrogen-bond donors (Lipinski definition) is 1. The maximum atomic E-state index is 12.5. The average Bonchev–Trinajstić information content (AvgIpc) is 3.02. The molecule has 1 fully saturated rings. The molecule has 1 N–H and O–H groups in total. The topological polar surface area (TPSA) is 84.4 Å². The van der Waals surface area contributed by atoms with Gasteiger partial charge in [-0.05, 0) is 25.1 Å². The molecule has 0 unspecified atom stereocenters. The molecule has 3 heterocycles. The molecule has 1 aliphatic heterocycles.